The number of amides is 2. The predicted octanol–water partition coefficient (Wildman–Crippen LogP) is 3.35. The molecule has 1 saturated heterocycles. The molecule has 2 atom stereocenters. The summed E-state index contributed by atoms with van der Waals surface area (Å²) in [6.07, 6.45) is 6.42. The van der Waals surface area contributed by atoms with E-state index in [0.29, 0.717) is 37.6 Å². The molecule has 4 aromatic rings. The zero-order chi connectivity index (χ0) is 26.6. The van der Waals surface area contributed by atoms with Crippen molar-refractivity contribution in [3.63, 3.8) is 0 Å². The third-order valence-corrected chi connectivity index (χ3v) is 6.86. The second kappa shape index (κ2) is 11.1. The summed E-state index contributed by atoms with van der Waals surface area (Å²) in [6.45, 7) is 4.33. The van der Waals surface area contributed by atoms with Crippen LogP contribution < -0.4 is 10.6 Å². The normalized spacial score (nSPS) is 17.6. The fourth-order valence-electron chi connectivity index (χ4n) is 4.96. The zero-order valence-electron chi connectivity index (χ0n) is 21.6. The van der Waals surface area contributed by atoms with E-state index in [1.807, 2.05) is 50.5 Å². The molecule has 0 radical (unpaired) electrons. The third kappa shape index (κ3) is 5.29. The summed E-state index contributed by atoms with van der Waals surface area (Å²) in [5.74, 6) is -0.0578. The number of hydrogen-bond donors (Lipinski definition) is 2. The molecule has 198 valence electrons. The number of nitrogens with one attached hydrogen (secondary N) is 2. The van der Waals surface area contributed by atoms with E-state index in [2.05, 4.69) is 25.6 Å². The molecule has 1 unspecified atom stereocenters. The van der Waals surface area contributed by atoms with Gasteiger partial charge in [0.2, 0.25) is 0 Å². The molecule has 38 heavy (non-hydrogen) atoms. The molecule has 3 aromatic heterocycles. The number of ether oxygens (including phenoxy) is 1. The van der Waals surface area contributed by atoms with Crippen LogP contribution in [0, 0.1) is 12.7 Å². The maximum atomic E-state index is 14.7. The van der Waals surface area contributed by atoms with Gasteiger partial charge in [-0.1, -0.05) is 18.2 Å². The van der Waals surface area contributed by atoms with Gasteiger partial charge in [0.15, 0.2) is 0 Å². The van der Waals surface area contributed by atoms with Gasteiger partial charge in [-0.25, -0.2) is 13.9 Å². The average Bonchev–Trinajstić information content (AvgIpc) is 3.61. The number of aromatic nitrogens is 5. The minimum Gasteiger partial charge on any atom is -0.383 e. The van der Waals surface area contributed by atoms with Crippen molar-refractivity contribution in [1.29, 1.82) is 0 Å². The Kier molecular flexibility index (Phi) is 7.47. The lowest BCUT2D eigenvalue weighted by molar-refractivity contribution is 0.159. The Morgan fingerprint density at radius 3 is 2.71 bits per heavy atom. The summed E-state index contributed by atoms with van der Waals surface area (Å²) in [6, 6.07) is 10.6. The number of para-hydroxylation sites is 1. The molecule has 11 heteroatoms. The number of halogens is 1. The van der Waals surface area contributed by atoms with E-state index in [0.717, 1.165) is 22.5 Å². The first kappa shape index (κ1) is 25.6. The second-order valence-electron chi connectivity index (χ2n) is 9.43. The second-order valence-corrected chi connectivity index (χ2v) is 9.43. The quantitative estimate of drug-likeness (QED) is 0.371. The van der Waals surface area contributed by atoms with Crippen molar-refractivity contribution in [1.82, 2.24) is 34.8 Å². The van der Waals surface area contributed by atoms with Gasteiger partial charge in [0.25, 0.3) is 0 Å². The molecule has 1 fully saturated rings. The number of anilines is 1. The van der Waals surface area contributed by atoms with Gasteiger partial charge in [-0.15, -0.1) is 0 Å². The maximum absolute atomic E-state index is 14.7. The van der Waals surface area contributed by atoms with Crippen LogP contribution >= 0.6 is 0 Å². The standard InChI is InChI=1S/C27H31FN8O2/c1-18-25(19-13-30-34(2)15-19)33-36(20-7-5-4-6-8-20)26(18)32-27(37)31-24-17-35(11-12-38-3)16-22(24)21-9-10-29-14-23(21)28/h4-10,13-15,22,24H,11-12,16-17H2,1-3H3,(H2,31,32,37)/t22?,24-/m1/s1. The summed E-state index contributed by atoms with van der Waals surface area (Å²) in [5.41, 5.74) is 3.72. The number of benzene rings is 1. The number of rotatable bonds is 8. The van der Waals surface area contributed by atoms with E-state index in [4.69, 9.17) is 9.84 Å². The Morgan fingerprint density at radius 1 is 1.18 bits per heavy atom. The fraction of sp³-hybridized carbons (Fsp3) is 0.333. The van der Waals surface area contributed by atoms with E-state index in [1.54, 1.807) is 34.9 Å². The summed E-state index contributed by atoms with van der Waals surface area (Å²) in [4.78, 5) is 19.5. The van der Waals surface area contributed by atoms with Crippen molar-refractivity contribution in [2.45, 2.75) is 18.9 Å². The highest BCUT2D eigenvalue weighted by Gasteiger charge is 2.36. The first-order valence-corrected chi connectivity index (χ1v) is 12.5. The lowest BCUT2D eigenvalue weighted by Gasteiger charge is -2.21. The van der Waals surface area contributed by atoms with Gasteiger partial charge in [-0.2, -0.15) is 10.2 Å². The molecule has 2 N–H and O–H groups in total. The van der Waals surface area contributed by atoms with Crippen LogP contribution in [0.2, 0.25) is 0 Å². The number of carbonyl (C=O) groups is 1. The minimum absolute atomic E-state index is 0.230. The van der Waals surface area contributed by atoms with Crippen LogP contribution in [0.25, 0.3) is 16.9 Å². The molecule has 0 spiro atoms. The van der Waals surface area contributed by atoms with Gasteiger partial charge < -0.3 is 10.1 Å². The first-order valence-electron chi connectivity index (χ1n) is 12.5. The van der Waals surface area contributed by atoms with E-state index in [1.165, 1.54) is 6.20 Å². The van der Waals surface area contributed by atoms with Gasteiger partial charge in [0, 0.05) is 63.2 Å². The Hall–Kier alpha value is -4.09. The Balaban J connectivity index is 1.42. The smallest absolute Gasteiger partial charge is 0.320 e. The lowest BCUT2D eigenvalue weighted by atomic mass is 9.95. The van der Waals surface area contributed by atoms with Crippen LogP contribution in [0.3, 0.4) is 0 Å². The highest BCUT2D eigenvalue weighted by molar-refractivity contribution is 5.91. The van der Waals surface area contributed by atoms with Crippen LogP contribution in [0.1, 0.15) is 17.0 Å². The highest BCUT2D eigenvalue weighted by atomic mass is 19.1. The van der Waals surface area contributed by atoms with Crippen LogP contribution in [0.4, 0.5) is 15.0 Å². The molecule has 2 amide bonds. The third-order valence-electron chi connectivity index (χ3n) is 6.86. The monoisotopic (exact) mass is 518 g/mol. The van der Waals surface area contributed by atoms with Crippen molar-refractivity contribution in [2.24, 2.45) is 7.05 Å². The first-order chi connectivity index (χ1) is 18.4. The van der Waals surface area contributed by atoms with E-state index < -0.39 is 0 Å². The summed E-state index contributed by atoms with van der Waals surface area (Å²) in [5, 5.41) is 15.2. The van der Waals surface area contributed by atoms with Crippen LogP contribution in [-0.2, 0) is 11.8 Å². The van der Waals surface area contributed by atoms with Crippen LogP contribution in [0.5, 0.6) is 0 Å². The van der Waals surface area contributed by atoms with Crippen molar-refractivity contribution < 1.29 is 13.9 Å². The highest BCUT2D eigenvalue weighted by Crippen LogP contribution is 2.31. The number of likely N-dealkylation sites (tertiary alicyclic amines) is 1. The number of methoxy groups -OCH3 is 1. The molecular formula is C27H31FN8O2. The number of aryl methyl sites for hydroxylation is 1. The van der Waals surface area contributed by atoms with Gasteiger partial charge in [-0.05, 0) is 30.7 Å². The molecule has 5 rings (SSSR count). The molecule has 1 aliphatic heterocycles. The Bertz CT molecular complexity index is 1400. The van der Waals surface area contributed by atoms with Crippen LogP contribution in [-0.4, -0.2) is 74.9 Å². The van der Waals surface area contributed by atoms with Crippen molar-refractivity contribution >= 4 is 11.8 Å². The maximum Gasteiger partial charge on any atom is 0.320 e. The zero-order valence-corrected chi connectivity index (χ0v) is 21.6. The van der Waals surface area contributed by atoms with Crippen molar-refractivity contribution in [3.05, 3.63) is 78.1 Å². The van der Waals surface area contributed by atoms with Crippen LogP contribution in [0.15, 0.2) is 61.2 Å². The molecule has 10 nitrogen and oxygen atoms in total. The fourth-order valence-corrected chi connectivity index (χ4v) is 4.96. The van der Waals surface area contributed by atoms with E-state index >= 15 is 0 Å². The number of urea groups is 1. The van der Waals surface area contributed by atoms with Crippen molar-refractivity contribution in [2.75, 3.05) is 38.7 Å². The van der Waals surface area contributed by atoms with Gasteiger partial charge >= 0.3 is 6.03 Å². The van der Waals surface area contributed by atoms with Gasteiger partial charge in [-0.3, -0.25) is 19.9 Å². The van der Waals surface area contributed by atoms with E-state index in [-0.39, 0.29) is 23.8 Å². The SMILES string of the molecule is COCCN1CC(c2ccncc2F)[C@H](NC(=O)Nc2c(C)c(-c3cnn(C)c3)nn2-c2ccccc2)C1. The number of carbonyl (C=O) groups excluding carboxylic acids is 1. The van der Waals surface area contributed by atoms with Gasteiger partial charge in [0.05, 0.1) is 30.7 Å². The topological polar surface area (TPSA) is 102 Å². The number of nitrogens with zero attached hydrogens (tertiary/aromatic N) is 6. The molecular weight excluding hydrogens is 487 g/mol. The number of hydrogen-bond acceptors (Lipinski definition) is 6. The van der Waals surface area contributed by atoms with E-state index in [9.17, 15) is 9.18 Å². The van der Waals surface area contributed by atoms with Gasteiger partial charge in [0.1, 0.15) is 17.3 Å². The molecule has 4 heterocycles. The molecule has 1 aromatic carbocycles. The minimum atomic E-state index is -0.388. The summed E-state index contributed by atoms with van der Waals surface area (Å²) >= 11 is 0. The lowest BCUT2D eigenvalue weighted by Crippen LogP contribution is -2.42. The molecule has 0 saturated carbocycles. The number of pyridine rings is 1. The molecule has 1 aliphatic rings. The van der Waals surface area contributed by atoms with Crippen molar-refractivity contribution in [3.8, 4) is 16.9 Å². The summed E-state index contributed by atoms with van der Waals surface area (Å²) in [7, 11) is 3.50. The largest absolute Gasteiger partial charge is 0.383 e. The Labute approximate surface area is 220 Å². The Morgan fingerprint density at radius 2 is 2.00 bits per heavy atom. The predicted molar refractivity (Wildman–Crippen MR) is 142 cm³/mol. The average molecular weight is 519 g/mol. The molecule has 0 bridgehead atoms. The summed E-state index contributed by atoms with van der Waals surface area (Å²) < 4.78 is 23.3. The molecule has 0 aliphatic carbocycles.